The highest BCUT2D eigenvalue weighted by atomic mass is 16.5. The SMILES string of the molecule is C=C(CO)C(=O)OCC(CCc1ccc(CCc2ccc(CCCC(C)C)cc2)cc1)COC(=O)C(=C)CO. The van der Waals surface area contributed by atoms with E-state index in [1.54, 1.807) is 0 Å². The van der Waals surface area contributed by atoms with Crippen LogP contribution in [0.5, 0.6) is 0 Å². The van der Waals surface area contributed by atoms with Crippen molar-refractivity contribution in [2.75, 3.05) is 26.4 Å². The summed E-state index contributed by atoms with van der Waals surface area (Å²) in [6, 6.07) is 17.5. The Labute approximate surface area is 233 Å². The fourth-order valence-electron chi connectivity index (χ4n) is 4.05. The van der Waals surface area contributed by atoms with Crippen molar-refractivity contribution in [1.82, 2.24) is 0 Å². The van der Waals surface area contributed by atoms with Crippen molar-refractivity contribution in [3.05, 3.63) is 95.1 Å². The fourth-order valence-corrected chi connectivity index (χ4v) is 4.05. The van der Waals surface area contributed by atoms with Gasteiger partial charge in [-0.15, -0.1) is 0 Å². The number of rotatable bonds is 18. The molecule has 0 saturated heterocycles. The predicted octanol–water partition coefficient (Wildman–Crippen LogP) is 5.18. The van der Waals surface area contributed by atoms with Crippen LogP contribution in [-0.4, -0.2) is 48.6 Å². The molecule has 2 N–H and O–H groups in total. The molecule has 0 heterocycles. The Balaban J connectivity index is 1.85. The Morgan fingerprint density at radius 2 is 1.05 bits per heavy atom. The maximum absolute atomic E-state index is 11.9. The number of hydrogen-bond donors (Lipinski definition) is 2. The van der Waals surface area contributed by atoms with E-state index in [-0.39, 0.29) is 30.3 Å². The Morgan fingerprint density at radius 1 is 0.667 bits per heavy atom. The smallest absolute Gasteiger partial charge is 0.335 e. The standard InChI is InChI=1S/C33H44O6/c1-24(2)6-5-7-27-8-10-28(11-9-27)12-13-29-14-16-30(17-15-29)18-19-31(22-38-32(36)25(3)20-34)23-39-33(37)26(4)21-35/h8-11,14-17,24,31,34-35H,3-7,12-13,18-23H2,1-2H3. The Kier molecular flexibility index (Phi) is 14.3. The van der Waals surface area contributed by atoms with Gasteiger partial charge in [-0.3, -0.25) is 0 Å². The summed E-state index contributed by atoms with van der Waals surface area (Å²) in [6.45, 7) is 10.5. The quantitative estimate of drug-likeness (QED) is 0.201. The van der Waals surface area contributed by atoms with Gasteiger partial charge in [0, 0.05) is 5.92 Å². The molecule has 0 atom stereocenters. The first-order valence-electron chi connectivity index (χ1n) is 13.8. The van der Waals surface area contributed by atoms with Gasteiger partial charge in [0.05, 0.1) is 37.6 Å². The molecule has 0 radical (unpaired) electrons. The van der Waals surface area contributed by atoms with Gasteiger partial charge in [-0.25, -0.2) is 9.59 Å². The number of carbonyl (C=O) groups excluding carboxylic acids is 2. The monoisotopic (exact) mass is 536 g/mol. The molecule has 0 bridgehead atoms. The molecule has 2 aromatic rings. The predicted molar refractivity (Wildman–Crippen MR) is 154 cm³/mol. The maximum atomic E-state index is 11.9. The second kappa shape index (κ2) is 17.4. The number of aliphatic hydroxyl groups is 2. The van der Waals surface area contributed by atoms with Crippen LogP contribution in [0.4, 0.5) is 0 Å². The van der Waals surface area contributed by atoms with Crippen molar-refractivity contribution < 1.29 is 29.3 Å². The second-order valence-electron chi connectivity index (χ2n) is 10.5. The van der Waals surface area contributed by atoms with Crippen LogP contribution >= 0.6 is 0 Å². The van der Waals surface area contributed by atoms with Crippen LogP contribution < -0.4 is 0 Å². The number of carbonyl (C=O) groups is 2. The molecule has 0 unspecified atom stereocenters. The molecule has 2 aromatic carbocycles. The lowest BCUT2D eigenvalue weighted by molar-refractivity contribution is -0.144. The summed E-state index contributed by atoms with van der Waals surface area (Å²) in [4.78, 5) is 23.8. The molecule has 212 valence electrons. The minimum atomic E-state index is -0.682. The van der Waals surface area contributed by atoms with Gasteiger partial charge < -0.3 is 19.7 Å². The van der Waals surface area contributed by atoms with E-state index in [1.807, 2.05) is 0 Å². The lowest BCUT2D eigenvalue weighted by Gasteiger charge is -2.18. The fraction of sp³-hybridized carbons (Fsp3) is 0.455. The zero-order chi connectivity index (χ0) is 28.6. The van der Waals surface area contributed by atoms with Gasteiger partial charge in [-0.05, 0) is 66.7 Å². The molecule has 0 aliphatic carbocycles. The third-order valence-electron chi connectivity index (χ3n) is 6.70. The van der Waals surface area contributed by atoms with Gasteiger partial charge >= 0.3 is 11.9 Å². The average molecular weight is 537 g/mol. The number of aryl methyl sites for hydroxylation is 4. The highest BCUT2D eigenvalue weighted by molar-refractivity contribution is 5.88. The van der Waals surface area contributed by atoms with E-state index in [0.29, 0.717) is 12.8 Å². The number of esters is 2. The van der Waals surface area contributed by atoms with E-state index < -0.39 is 25.2 Å². The first kappa shape index (κ1) is 32.0. The van der Waals surface area contributed by atoms with E-state index in [9.17, 15) is 9.59 Å². The highest BCUT2D eigenvalue weighted by Gasteiger charge is 2.17. The summed E-state index contributed by atoms with van der Waals surface area (Å²) < 4.78 is 10.5. The molecule has 0 aliphatic rings. The topological polar surface area (TPSA) is 93.1 Å². The molecule has 0 fully saturated rings. The molecule has 0 spiro atoms. The summed E-state index contributed by atoms with van der Waals surface area (Å²) >= 11 is 0. The molecule has 2 rings (SSSR count). The third-order valence-corrected chi connectivity index (χ3v) is 6.70. The Bertz CT molecular complexity index is 1020. The molecule has 0 saturated carbocycles. The van der Waals surface area contributed by atoms with Crippen LogP contribution in [0.3, 0.4) is 0 Å². The van der Waals surface area contributed by atoms with Crippen molar-refractivity contribution in [3.63, 3.8) is 0 Å². The van der Waals surface area contributed by atoms with E-state index >= 15 is 0 Å². The number of ether oxygens (including phenoxy) is 2. The van der Waals surface area contributed by atoms with Gasteiger partial charge in [0.2, 0.25) is 0 Å². The largest absolute Gasteiger partial charge is 0.462 e. The average Bonchev–Trinajstić information content (AvgIpc) is 2.95. The van der Waals surface area contributed by atoms with Crippen LogP contribution in [-0.2, 0) is 44.7 Å². The number of hydrogen-bond acceptors (Lipinski definition) is 6. The van der Waals surface area contributed by atoms with E-state index in [2.05, 4.69) is 75.5 Å². The zero-order valence-electron chi connectivity index (χ0n) is 23.5. The van der Waals surface area contributed by atoms with Crippen molar-refractivity contribution in [2.45, 2.75) is 58.8 Å². The third kappa shape index (κ3) is 12.5. The van der Waals surface area contributed by atoms with E-state index in [1.165, 1.54) is 29.5 Å². The first-order chi connectivity index (χ1) is 18.7. The first-order valence-corrected chi connectivity index (χ1v) is 13.8. The minimum Gasteiger partial charge on any atom is -0.462 e. The molecular formula is C33H44O6. The van der Waals surface area contributed by atoms with Gasteiger partial charge in [-0.2, -0.15) is 0 Å². The van der Waals surface area contributed by atoms with Crippen LogP contribution in [0.1, 0.15) is 55.4 Å². The highest BCUT2D eigenvalue weighted by Crippen LogP contribution is 2.16. The summed E-state index contributed by atoms with van der Waals surface area (Å²) in [6.07, 6.45) is 6.91. The molecule has 0 aromatic heterocycles. The summed E-state index contributed by atoms with van der Waals surface area (Å²) in [7, 11) is 0. The molecule has 6 heteroatoms. The van der Waals surface area contributed by atoms with Crippen LogP contribution in [0.15, 0.2) is 72.8 Å². The van der Waals surface area contributed by atoms with Crippen LogP contribution in [0.25, 0.3) is 0 Å². The molecule has 6 nitrogen and oxygen atoms in total. The Hall–Kier alpha value is -3.22. The molecule has 0 aliphatic heterocycles. The second-order valence-corrected chi connectivity index (χ2v) is 10.5. The van der Waals surface area contributed by atoms with Gasteiger partial charge in [0.1, 0.15) is 0 Å². The number of aliphatic hydroxyl groups excluding tert-OH is 2. The van der Waals surface area contributed by atoms with Crippen molar-refractivity contribution in [3.8, 4) is 0 Å². The van der Waals surface area contributed by atoms with Gasteiger partial charge in [0.15, 0.2) is 0 Å². The van der Waals surface area contributed by atoms with Crippen LogP contribution in [0, 0.1) is 11.8 Å². The molecular weight excluding hydrogens is 492 g/mol. The normalized spacial score (nSPS) is 11.0. The van der Waals surface area contributed by atoms with Crippen molar-refractivity contribution in [2.24, 2.45) is 11.8 Å². The maximum Gasteiger partial charge on any atom is 0.335 e. The molecule has 0 amide bonds. The summed E-state index contributed by atoms with van der Waals surface area (Å²) in [5, 5.41) is 18.1. The van der Waals surface area contributed by atoms with E-state index in [0.717, 1.165) is 30.7 Å². The van der Waals surface area contributed by atoms with Gasteiger partial charge in [-0.1, -0.05) is 82.0 Å². The summed E-state index contributed by atoms with van der Waals surface area (Å²) in [5.41, 5.74) is 5.07. The van der Waals surface area contributed by atoms with Gasteiger partial charge in [0.25, 0.3) is 0 Å². The van der Waals surface area contributed by atoms with Crippen molar-refractivity contribution >= 4 is 11.9 Å². The molecule has 39 heavy (non-hydrogen) atoms. The Morgan fingerprint density at radius 3 is 1.44 bits per heavy atom. The van der Waals surface area contributed by atoms with Crippen molar-refractivity contribution in [1.29, 1.82) is 0 Å². The lowest BCUT2D eigenvalue weighted by atomic mass is 9.97. The minimum absolute atomic E-state index is 0.0192. The van der Waals surface area contributed by atoms with E-state index in [4.69, 9.17) is 19.7 Å². The summed E-state index contributed by atoms with van der Waals surface area (Å²) in [5.74, 6) is -0.871. The van der Waals surface area contributed by atoms with Crippen LogP contribution in [0.2, 0.25) is 0 Å². The zero-order valence-corrected chi connectivity index (χ0v) is 23.5. The lowest BCUT2D eigenvalue weighted by Crippen LogP contribution is -2.23. The number of benzene rings is 2.